The van der Waals surface area contributed by atoms with E-state index in [1.165, 1.54) is 11.3 Å². The second-order valence-corrected chi connectivity index (χ2v) is 6.53. The van der Waals surface area contributed by atoms with E-state index in [9.17, 15) is 0 Å². The van der Waals surface area contributed by atoms with Crippen LogP contribution in [0.25, 0.3) is 0 Å². The summed E-state index contributed by atoms with van der Waals surface area (Å²) in [5.41, 5.74) is 2.38. The zero-order valence-electron chi connectivity index (χ0n) is 12.6. The van der Waals surface area contributed by atoms with Crippen LogP contribution < -0.4 is 4.90 Å². The fraction of sp³-hybridized carbons (Fsp3) is 0.375. The lowest BCUT2D eigenvalue weighted by molar-refractivity contribution is 0.249. The third kappa shape index (κ3) is 3.91. The van der Waals surface area contributed by atoms with Crippen LogP contribution in [0.3, 0.4) is 0 Å². The monoisotopic (exact) mass is 334 g/mol. The number of aromatic nitrogens is 2. The number of hydrogen-bond acceptors (Lipinski definition) is 5. The number of nitrogens with zero attached hydrogens (tertiary/aromatic N) is 4. The Kier molecular flexibility index (Phi) is 5.18. The molecule has 1 fully saturated rings. The van der Waals surface area contributed by atoms with Crippen molar-refractivity contribution in [2.75, 3.05) is 37.3 Å². The maximum absolute atomic E-state index is 6.07. The largest absolute Gasteiger partial charge is 0.369 e. The standard InChI is InChI=1S/C16H19ClN4S/c1-22-16-18-10-13(11-19-16)12-20-5-7-21(8-6-20)15-4-2-3-14(17)9-15/h2-4,9-11H,5-8,12H2,1H3. The number of thioether (sulfide) groups is 1. The summed E-state index contributed by atoms with van der Waals surface area (Å²) in [4.78, 5) is 13.5. The van der Waals surface area contributed by atoms with Gasteiger partial charge in [-0.25, -0.2) is 9.97 Å². The molecule has 4 nitrogen and oxygen atoms in total. The highest BCUT2D eigenvalue weighted by Crippen LogP contribution is 2.21. The molecule has 6 heteroatoms. The molecule has 1 aromatic heterocycles. The van der Waals surface area contributed by atoms with Crippen molar-refractivity contribution >= 4 is 29.1 Å². The summed E-state index contributed by atoms with van der Waals surface area (Å²) >= 11 is 7.64. The Balaban J connectivity index is 1.55. The molecule has 1 aromatic carbocycles. The summed E-state index contributed by atoms with van der Waals surface area (Å²) in [7, 11) is 0. The number of halogens is 1. The SMILES string of the molecule is CSc1ncc(CN2CCN(c3cccc(Cl)c3)CC2)cn1. The zero-order chi connectivity index (χ0) is 15.4. The number of anilines is 1. The van der Waals surface area contributed by atoms with Crippen molar-refractivity contribution in [3.05, 3.63) is 47.2 Å². The molecule has 1 aliphatic heterocycles. The van der Waals surface area contributed by atoms with Gasteiger partial charge in [-0.2, -0.15) is 0 Å². The van der Waals surface area contributed by atoms with Crippen molar-refractivity contribution in [3.63, 3.8) is 0 Å². The summed E-state index contributed by atoms with van der Waals surface area (Å²) in [5, 5.41) is 1.63. The molecule has 0 atom stereocenters. The molecule has 0 aliphatic carbocycles. The Hall–Kier alpha value is -1.30. The van der Waals surface area contributed by atoms with Crippen LogP contribution in [0.15, 0.2) is 41.8 Å². The van der Waals surface area contributed by atoms with Crippen molar-refractivity contribution in [2.45, 2.75) is 11.7 Å². The van der Waals surface area contributed by atoms with Crippen molar-refractivity contribution in [3.8, 4) is 0 Å². The molecule has 0 N–H and O–H groups in total. The van der Waals surface area contributed by atoms with E-state index in [1.807, 2.05) is 36.8 Å². The first-order chi connectivity index (χ1) is 10.7. The Labute approximate surface area is 140 Å². The van der Waals surface area contributed by atoms with Gasteiger partial charge >= 0.3 is 0 Å². The molecule has 0 bridgehead atoms. The van der Waals surface area contributed by atoms with Crippen molar-refractivity contribution in [1.82, 2.24) is 14.9 Å². The maximum Gasteiger partial charge on any atom is 0.187 e. The number of hydrogen-bond donors (Lipinski definition) is 0. The third-order valence-corrected chi connectivity index (χ3v) is 4.63. The summed E-state index contributed by atoms with van der Waals surface area (Å²) < 4.78 is 0. The average Bonchev–Trinajstić information content (AvgIpc) is 2.56. The smallest absolute Gasteiger partial charge is 0.187 e. The molecule has 2 heterocycles. The molecule has 3 rings (SSSR count). The lowest BCUT2D eigenvalue weighted by atomic mass is 10.2. The van der Waals surface area contributed by atoms with Gasteiger partial charge in [-0.3, -0.25) is 4.90 Å². The lowest BCUT2D eigenvalue weighted by Gasteiger charge is -2.36. The molecule has 0 radical (unpaired) electrons. The van der Waals surface area contributed by atoms with Crippen LogP contribution >= 0.6 is 23.4 Å². The molecule has 1 saturated heterocycles. The van der Waals surface area contributed by atoms with Crippen LogP contribution in [0, 0.1) is 0 Å². The minimum atomic E-state index is 0.797. The first-order valence-electron chi connectivity index (χ1n) is 7.32. The molecule has 22 heavy (non-hydrogen) atoms. The molecule has 0 amide bonds. The van der Waals surface area contributed by atoms with Crippen LogP contribution in [0.1, 0.15) is 5.56 Å². The lowest BCUT2D eigenvalue weighted by Crippen LogP contribution is -2.46. The average molecular weight is 335 g/mol. The van der Waals surface area contributed by atoms with Crippen molar-refractivity contribution in [1.29, 1.82) is 0 Å². The normalized spacial score (nSPS) is 16.0. The van der Waals surface area contributed by atoms with Gasteiger partial charge in [-0.15, -0.1) is 0 Å². The van der Waals surface area contributed by atoms with Gasteiger partial charge < -0.3 is 4.90 Å². The van der Waals surface area contributed by atoms with Crippen molar-refractivity contribution in [2.24, 2.45) is 0 Å². The first kappa shape index (κ1) is 15.6. The van der Waals surface area contributed by atoms with E-state index < -0.39 is 0 Å². The van der Waals surface area contributed by atoms with Gasteiger partial charge in [0.1, 0.15) is 0 Å². The fourth-order valence-electron chi connectivity index (χ4n) is 2.63. The van der Waals surface area contributed by atoms with Gasteiger partial charge in [0.05, 0.1) is 0 Å². The van der Waals surface area contributed by atoms with Crippen LogP contribution in [0.2, 0.25) is 5.02 Å². The Bertz CT molecular complexity index is 612. The van der Waals surface area contributed by atoms with Crippen LogP contribution in [0.4, 0.5) is 5.69 Å². The summed E-state index contributed by atoms with van der Waals surface area (Å²) in [6.07, 6.45) is 5.86. The van der Waals surface area contributed by atoms with Gasteiger partial charge in [0.25, 0.3) is 0 Å². The fourth-order valence-corrected chi connectivity index (χ4v) is 3.13. The molecular weight excluding hydrogens is 316 g/mol. The number of benzene rings is 1. The van der Waals surface area contributed by atoms with E-state index in [0.29, 0.717) is 0 Å². The van der Waals surface area contributed by atoms with E-state index in [0.717, 1.165) is 42.9 Å². The highest BCUT2D eigenvalue weighted by molar-refractivity contribution is 7.98. The van der Waals surface area contributed by atoms with Gasteiger partial charge in [-0.1, -0.05) is 29.4 Å². The van der Waals surface area contributed by atoms with E-state index >= 15 is 0 Å². The van der Waals surface area contributed by atoms with Crippen LogP contribution in [-0.4, -0.2) is 47.3 Å². The Morgan fingerprint density at radius 3 is 2.50 bits per heavy atom. The summed E-state index contributed by atoms with van der Waals surface area (Å²) in [5.74, 6) is 0. The first-order valence-corrected chi connectivity index (χ1v) is 8.92. The highest BCUT2D eigenvalue weighted by Gasteiger charge is 2.17. The van der Waals surface area contributed by atoms with Crippen LogP contribution in [-0.2, 0) is 6.54 Å². The van der Waals surface area contributed by atoms with Crippen LogP contribution in [0.5, 0.6) is 0 Å². The second-order valence-electron chi connectivity index (χ2n) is 5.32. The minimum Gasteiger partial charge on any atom is -0.369 e. The zero-order valence-corrected chi connectivity index (χ0v) is 14.1. The Morgan fingerprint density at radius 2 is 1.86 bits per heavy atom. The van der Waals surface area contributed by atoms with E-state index in [4.69, 9.17) is 11.6 Å². The van der Waals surface area contributed by atoms with Gasteiger partial charge in [0.2, 0.25) is 0 Å². The maximum atomic E-state index is 6.07. The molecule has 2 aromatic rings. The molecule has 1 aliphatic rings. The van der Waals surface area contributed by atoms with Crippen molar-refractivity contribution < 1.29 is 0 Å². The topological polar surface area (TPSA) is 32.3 Å². The summed E-state index contributed by atoms with van der Waals surface area (Å²) in [6.45, 7) is 5.03. The predicted octanol–water partition coefficient (Wildman–Crippen LogP) is 3.17. The molecule has 0 unspecified atom stereocenters. The second kappa shape index (κ2) is 7.31. The van der Waals surface area contributed by atoms with Gasteiger partial charge in [-0.05, 0) is 24.5 Å². The van der Waals surface area contributed by atoms with E-state index in [-0.39, 0.29) is 0 Å². The third-order valence-electron chi connectivity index (χ3n) is 3.82. The quantitative estimate of drug-likeness (QED) is 0.633. The van der Waals surface area contributed by atoms with E-state index in [2.05, 4.69) is 25.8 Å². The van der Waals surface area contributed by atoms with Gasteiger partial charge in [0, 0.05) is 61.4 Å². The molecule has 0 spiro atoms. The highest BCUT2D eigenvalue weighted by atomic mass is 35.5. The number of rotatable bonds is 4. The molecule has 116 valence electrons. The number of piperazine rings is 1. The summed E-state index contributed by atoms with van der Waals surface area (Å²) in [6, 6.07) is 8.08. The minimum absolute atomic E-state index is 0.797. The van der Waals surface area contributed by atoms with E-state index in [1.54, 1.807) is 11.8 Å². The predicted molar refractivity (Wildman–Crippen MR) is 92.8 cm³/mol. The molecule has 0 saturated carbocycles. The Morgan fingerprint density at radius 1 is 1.14 bits per heavy atom. The van der Waals surface area contributed by atoms with Gasteiger partial charge in [0.15, 0.2) is 5.16 Å². The molecular formula is C16H19ClN4S.